The lowest BCUT2D eigenvalue weighted by molar-refractivity contribution is 0.399. The number of hydrogen-bond acceptors (Lipinski definition) is 2. The second-order valence-electron chi connectivity index (χ2n) is 5.94. The van der Waals surface area contributed by atoms with Gasteiger partial charge in [-0.3, -0.25) is 4.99 Å². The van der Waals surface area contributed by atoms with Crippen molar-refractivity contribution in [3.05, 3.63) is 0 Å². The zero-order valence-electron chi connectivity index (χ0n) is 11.6. The van der Waals surface area contributed by atoms with Crippen LogP contribution in [0.25, 0.3) is 0 Å². The Morgan fingerprint density at radius 2 is 2.00 bits per heavy atom. The predicted octanol–water partition coefficient (Wildman–Crippen LogP) is 2.61. The molecule has 0 heterocycles. The molecule has 0 aromatic heterocycles. The standard InChI is InChI=1S/C13H27N3S/c1-13(2,3)11(17-4)9-15-12(14)16-10-7-5-6-8-10/h10-11H,5-9H2,1-4H3,(H3,14,15,16). The van der Waals surface area contributed by atoms with Crippen LogP contribution in [0.2, 0.25) is 0 Å². The van der Waals surface area contributed by atoms with Gasteiger partial charge in [-0.1, -0.05) is 33.6 Å². The number of aliphatic imine (C=N–C) groups is 1. The second kappa shape index (κ2) is 6.53. The molecule has 4 heteroatoms. The van der Waals surface area contributed by atoms with Gasteiger partial charge in [0.05, 0.1) is 6.54 Å². The smallest absolute Gasteiger partial charge is 0.188 e. The molecule has 1 saturated carbocycles. The van der Waals surface area contributed by atoms with Crippen LogP contribution in [-0.4, -0.2) is 30.1 Å². The van der Waals surface area contributed by atoms with Crippen molar-refractivity contribution < 1.29 is 0 Å². The quantitative estimate of drug-likeness (QED) is 0.601. The molecule has 0 spiro atoms. The maximum Gasteiger partial charge on any atom is 0.188 e. The highest BCUT2D eigenvalue weighted by molar-refractivity contribution is 7.99. The first-order valence-electron chi connectivity index (χ1n) is 6.52. The van der Waals surface area contributed by atoms with E-state index in [-0.39, 0.29) is 5.41 Å². The van der Waals surface area contributed by atoms with Crippen molar-refractivity contribution >= 4 is 17.7 Å². The molecule has 17 heavy (non-hydrogen) atoms. The third kappa shape index (κ3) is 5.19. The molecular weight excluding hydrogens is 230 g/mol. The van der Waals surface area contributed by atoms with E-state index in [0.717, 1.165) is 6.54 Å². The minimum atomic E-state index is 0.274. The van der Waals surface area contributed by atoms with Gasteiger partial charge in [-0.05, 0) is 24.5 Å². The average Bonchev–Trinajstić information content (AvgIpc) is 2.69. The van der Waals surface area contributed by atoms with Gasteiger partial charge < -0.3 is 11.1 Å². The molecular formula is C13H27N3S. The number of guanidine groups is 1. The van der Waals surface area contributed by atoms with Crippen LogP contribution >= 0.6 is 11.8 Å². The van der Waals surface area contributed by atoms with Crippen LogP contribution in [0.1, 0.15) is 46.5 Å². The third-order valence-corrected chi connectivity index (χ3v) is 4.81. The number of nitrogens with two attached hydrogens (primary N) is 1. The molecule has 0 saturated heterocycles. The summed E-state index contributed by atoms with van der Waals surface area (Å²) in [6, 6.07) is 0.557. The summed E-state index contributed by atoms with van der Waals surface area (Å²) >= 11 is 1.87. The summed E-state index contributed by atoms with van der Waals surface area (Å²) < 4.78 is 0. The Bertz CT molecular complexity index is 252. The highest BCUT2D eigenvalue weighted by Gasteiger charge is 2.23. The molecule has 1 fully saturated rings. The van der Waals surface area contributed by atoms with E-state index < -0.39 is 0 Å². The molecule has 1 aliphatic rings. The van der Waals surface area contributed by atoms with Crippen LogP contribution < -0.4 is 11.1 Å². The first kappa shape index (κ1) is 14.7. The number of rotatable bonds is 4. The Morgan fingerprint density at radius 3 is 2.47 bits per heavy atom. The van der Waals surface area contributed by atoms with E-state index in [0.29, 0.717) is 17.3 Å². The molecule has 3 nitrogen and oxygen atoms in total. The van der Waals surface area contributed by atoms with Crippen molar-refractivity contribution in [2.75, 3.05) is 12.8 Å². The lowest BCUT2D eigenvalue weighted by Crippen LogP contribution is -2.39. The van der Waals surface area contributed by atoms with Gasteiger partial charge in [0.15, 0.2) is 5.96 Å². The van der Waals surface area contributed by atoms with Crippen LogP contribution in [-0.2, 0) is 0 Å². The zero-order chi connectivity index (χ0) is 12.9. The monoisotopic (exact) mass is 257 g/mol. The van der Waals surface area contributed by atoms with E-state index in [1.54, 1.807) is 0 Å². The van der Waals surface area contributed by atoms with Crippen molar-refractivity contribution in [1.29, 1.82) is 0 Å². The summed E-state index contributed by atoms with van der Waals surface area (Å²) in [5, 5.41) is 3.85. The predicted molar refractivity (Wildman–Crippen MR) is 78.6 cm³/mol. The Balaban J connectivity index is 2.39. The normalized spacial score (nSPS) is 20.6. The Hall–Kier alpha value is -0.380. The zero-order valence-corrected chi connectivity index (χ0v) is 12.4. The molecule has 0 bridgehead atoms. The van der Waals surface area contributed by atoms with Crippen molar-refractivity contribution in [2.24, 2.45) is 16.1 Å². The third-order valence-electron chi connectivity index (χ3n) is 3.39. The van der Waals surface area contributed by atoms with Gasteiger partial charge in [-0.15, -0.1) is 0 Å². The maximum absolute atomic E-state index is 5.93. The summed E-state index contributed by atoms with van der Waals surface area (Å²) in [5.41, 5.74) is 6.20. The van der Waals surface area contributed by atoms with Crippen LogP contribution in [0.15, 0.2) is 4.99 Å². The average molecular weight is 257 g/mol. The van der Waals surface area contributed by atoms with Gasteiger partial charge in [-0.25, -0.2) is 0 Å². The van der Waals surface area contributed by atoms with Crippen molar-refractivity contribution in [3.8, 4) is 0 Å². The summed E-state index contributed by atoms with van der Waals surface area (Å²) in [7, 11) is 0. The van der Waals surface area contributed by atoms with E-state index >= 15 is 0 Å². The van der Waals surface area contributed by atoms with Crippen LogP contribution in [0.3, 0.4) is 0 Å². The number of nitrogens with one attached hydrogen (secondary N) is 1. The summed E-state index contributed by atoms with van der Waals surface area (Å²) in [6.45, 7) is 7.56. The fourth-order valence-corrected chi connectivity index (χ4v) is 3.14. The molecule has 3 N–H and O–H groups in total. The lowest BCUT2D eigenvalue weighted by Gasteiger charge is -2.27. The van der Waals surface area contributed by atoms with Gasteiger partial charge in [-0.2, -0.15) is 11.8 Å². The van der Waals surface area contributed by atoms with E-state index in [2.05, 4.69) is 37.3 Å². The largest absolute Gasteiger partial charge is 0.370 e. The molecule has 0 radical (unpaired) electrons. The van der Waals surface area contributed by atoms with Crippen LogP contribution in [0.5, 0.6) is 0 Å². The Morgan fingerprint density at radius 1 is 1.41 bits per heavy atom. The van der Waals surface area contributed by atoms with Crippen LogP contribution in [0.4, 0.5) is 0 Å². The number of nitrogens with zero attached hydrogens (tertiary/aromatic N) is 1. The number of hydrogen-bond donors (Lipinski definition) is 2. The second-order valence-corrected chi connectivity index (χ2v) is 6.98. The molecule has 100 valence electrons. The first-order valence-corrected chi connectivity index (χ1v) is 7.81. The Kier molecular flexibility index (Phi) is 5.63. The summed E-state index contributed by atoms with van der Waals surface area (Å²) in [6.07, 6.45) is 7.26. The molecule has 0 aromatic carbocycles. The molecule has 0 amide bonds. The SMILES string of the molecule is CSC(CN=C(N)NC1CCCC1)C(C)(C)C. The minimum absolute atomic E-state index is 0.274. The van der Waals surface area contributed by atoms with Gasteiger partial charge >= 0.3 is 0 Å². The van der Waals surface area contributed by atoms with Crippen molar-refractivity contribution in [1.82, 2.24) is 5.32 Å². The summed E-state index contributed by atoms with van der Waals surface area (Å²) in [4.78, 5) is 4.49. The highest BCUT2D eigenvalue weighted by atomic mass is 32.2. The molecule has 1 atom stereocenters. The Labute approximate surface area is 110 Å². The van der Waals surface area contributed by atoms with E-state index in [1.807, 2.05) is 11.8 Å². The molecule has 1 aliphatic carbocycles. The van der Waals surface area contributed by atoms with Gasteiger partial charge in [0.1, 0.15) is 0 Å². The summed E-state index contributed by atoms with van der Waals surface area (Å²) in [5.74, 6) is 0.625. The van der Waals surface area contributed by atoms with E-state index in [4.69, 9.17) is 5.73 Å². The van der Waals surface area contributed by atoms with Gasteiger partial charge in [0.2, 0.25) is 0 Å². The molecule has 0 aliphatic heterocycles. The molecule has 1 rings (SSSR count). The topological polar surface area (TPSA) is 50.4 Å². The van der Waals surface area contributed by atoms with Crippen molar-refractivity contribution in [2.45, 2.75) is 57.7 Å². The number of thioether (sulfide) groups is 1. The molecule has 1 unspecified atom stereocenters. The maximum atomic E-state index is 5.93. The van der Waals surface area contributed by atoms with E-state index in [1.165, 1.54) is 25.7 Å². The lowest BCUT2D eigenvalue weighted by atomic mass is 9.92. The van der Waals surface area contributed by atoms with E-state index in [9.17, 15) is 0 Å². The highest BCUT2D eigenvalue weighted by Crippen LogP contribution is 2.28. The van der Waals surface area contributed by atoms with Gasteiger partial charge in [0, 0.05) is 11.3 Å². The van der Waals surface area contributed by atoms with Gasteiger partial charge in [0.25, 0.3) is 0 Å². The fourth-order valence-electron chi connectivity index (χ4n) is 2.21. The van der Waals surface area contributed by atoms with Crippen molar-refractivity contribution in [3.63, 3.8) is 0 Å². The fraction of sp³-hybridized carbons (Fsp3) is 0.923. The molecule has 0 aromatic rings. The minimum Gasteiger partial charge on any atom is -0.370 e. The van der Waals surface area contributed by atoms with Crippen LogP contribution in [0, 0.1) is 5.41 Å². The first-order chi connectivity index (χ1) is 7.93.